The van der Waals surface area contributed by atoms with Gasteiger partial charge in [-0.15, -0.1) is 0 Å². The topological polar surface area (TPSA) is 144 Å². The number of sulfone groups is 1. The summed E-state index contributed by atoms with van der Waals surface area (Å²) in [5.41, 5.74) is 0.174. The van der Waals surface area contributed by atoms with Gasteiger partial charge in [-0.25, -0.2) is 12.6 Å². The summed E-state index contributed by atoms with van der Waals surface area (Å²) < 4.78 is 57.1. The van der Waals surface area contributed by atoms with Gasteiger partial charge in [0.1, 0.15) is 5.78 Å². The highest BCUT2D eigenvalue weighted by Gasteiger charge is 2.17. The Labute approximate surface area is 133 Å². The average Bonchev–Trinajstić information content (AvgIpc) is 2.36. The van der Waals surface area contributed by atoms with Crippen molar-refractivity contribution < 1.29 is 35.2 Å². The number of nitrogens with one attached hydrogen (secondary N) is 1. The first kappa shape index (κ1) is 19.2. The number of Topliss-reactive ketones (excluding diaryl/α,β-unsaturated/α-hetero) is 1. The Hall–Kier alpha value is -1.82. The zero-order valence-electron chi connectivity index (χ0n) is 12.1. The zero-order valence-corrected chi connectivity index (χ0v) is 13.7. The molecule has 1 aromatic carbocycles. The Balaban J connectivity index is 2.82. The molecule has 0 heterocycles. The van der Waals surface area contributed by atoms with Gasteiger partial charge in [-0.05, 0) is 25.1 Å². The highest BCUT2D eigenvalue weighted by Crippen LogP contribution is 2.17. The van der Waals surface area contributed by atoms with Gasteiger partial charge in [-0.2, -0.15) is 8.42 Å². The smallest absolute Gasteiger partial charge is 0.326 e. The van der Waals surface area contributed by atoms with Crippen molar-refractivity contribution >= 4 is 37.6 Å². The van der Waals surface area contributed by atoms with Gasteiger partial charge >= 0.3 is 10.4 Å². The van der Waals surface area contributed by atoms with E-state index in [4.69, 9.17) is 4.55 Å². The van der Waals surface area contributed by atoms with Gasteiger partial charge in [0, 0.05) is 5.69 Å². The summed E-state index contributed by atoms with van der Waals surface area (Å²) in [5.74, 6) is -1.60. The summed E-state index contributed by atoms with van der Waals surface area (Å²) in [6, 6.07) is 5.23. The number of hydrogen-bond acceptors (Lipinski definition) is 7. The fourth-order valence-electron chi connectivity index (χ4n) is 1.57. The van der Waals surface area contributed by atoms with Crippen LogP contribution in [0.25, 0.3) is 0 Å². The molecule has 0 aromatic heterocycles. The molecule has 1 amide bonds. The van der Waals surface area contributed by atoms with Crippen molar-refractivity contribution in [2.75, 3.05) is 17.7 Å². The van der Waals surface area contributed by atoms with Crippen molar-refractivity contribution in [2.24, 2.45) is 0 Å². The molecule has 128 valence electrons. The van der Waals surface area contributed by atoms with Gasteiger partial charge in [0.05, 0.1) is 23.7 Å². The first-order valence-electron chi connectivity index (χ1n) is 6.23. The van der Waals surface area contributed by atoms with Crippen LogP contribution in [0.5, 0.6) is 0 Å². The number of anilines is 1. The standard InChI is InChI=1S/C12H15NO8S2/c1-9(14)7-12(15)13-10-3-2-4-11(8-10)22(16,17)6-5-21-23(18,19)20/h2-4,8H,5-7H2,1H3,(H,13,15)(H,18,19,20). The van der Waals surface area contributed by atoms with E-state index in [0.717, 1.165) is 0 Å². The lowest BCUT2D eigenvalue weighted by Gasteiger charge is -2.08. The van der Waals surface area contributed by atoms with Crippen molar-refractivity contribution in [1.29, 1.82) is 0 Å². The van der Waals surface area contributed by atoms with Crippen LogP contribution in [0.3, 0.4) is 0 Å². The van der Waals surface area contributed by atoms with Crippen LogP contribution in [0.4, 0.5) is 5.69 Å². The normalized spacial score (nSPS) is 11.9. The average molecular weight is 365 g/mol. The second-order valence-electron chi connectivity index (χ2n) is 4.52. The predicted molar refractivity (Wildman–Crippen MR) is 79.9 cm³/mol. The van der Waals surface area contributed by atoms with Crippen LogP contribution in [0.15, 0.2) is 29.2 Å². The molecule has 0 bridgehead atoms. The fraction of sp³-hybridized carbons (Fsp3) is 0.333. The van der Waals surface area contributed by atoms with Crippen LogP contribution >= 0.6 is 0 Å². The van der Waals surface area contributed by atoms with Crippen molar-refractivity contribution in [3.8, 4) is 0 Å². The van der Waals surface area contributed by atoms with Gasteiger partial charge < -0.3 is 5.32 Å². The van der Waals surface area contributed by atoms with Gasteiger partial charge in [0.2, 0.25) is 5.91 Å². The maximum absolute atomic E-state index is 12.0. The van der Waals surface area contributed by atoms with Crippen LogP contribution in [-0.2, 0) is 34.0 Å². The summed E-state index contributed by atoms with van der Waals surface area (Å²) in [7, 11) is -8.60. The molecule has 0 atom stereocenters. The molecule has 0 saturated carbocycles. The van der Waals surface area contributed by atoms with Gasteiger partial charge in [0.25, 0.3) is 0 Å². The predicted octanol–water partition coefficient (Wildman–Crippen LogP) is 0.197. The van der Waals surface area contributed by atoms with E-state index in [2.05, 4.69) is 9.50 Å². The number of hydrogen-bond donors (Lipinski definition) is 2. The summed E-state index contributed by atoms with van der Waals surface area (Å²) in [5, 5.41) is 2.37. The highest BCUT2D eigenvalue weighted by molar-refractivity contribution is 7.91. The first-order chi connectivity index (χ1) is 10.5. The molecule has 0 fully saturated rings. The molecular weight excluding hydrogens is 350 g/mol. The number of amides is 1. The molecule has 0 saturated heterocycles. The summed E-state index contributed by atoms with van der Waals surface area (Å²) in [6.45, 7) is 0.498. The molecule has 0 spiro atoms. The van der Waals surface area contributed by atoms with Crippen LogP contribution in [0.1, 0.15) is 13.3 Å². The van der Waals surface area contributed by atoms with E-state index >= 15 is 0 Å². The molecule has 0 aliphatic heterocycles. The molecule has 1 rings (SSSR count). The maximum Gasteiger partial charge on any atom is 0.397 e. The summed E-state index contributed by atoms with van der Waals surface area (Å²) in [4.78, 5) is 22.1. The van der Waals surface area contributed by atoms with Gasteiger partial charge in [-0.3, -0.25) is 14.1 Å². The van der Waals surface area contributed by atoms with Gasteiger partial charge in [0.15, 0.2) is 9.84 Å². The number of carbonyl (C=O) groups is 2. The molecule has 0 aliphatic carbocycles. The lowest BCUT2D eigenvalue weighted by molar-refractivity contribution is -0.124. The van der Waals surface area contributed by atoms with E-state index in [1.165, 1.54) is 31.2 Å². The number of benzene rings is 1. The first-order valence-corrected chi connectivity index (χ1v) is 9.25. The fourth-order valence-corrected chi connectivity index (χ4v) is 3.10. The van der Waals surface area contributed by atoms with Crippen molar-refractivity contribution in [2.45, 2.75) is 18.2 Å². The Kier molecular flexibility index (Phi) is 6.38. The lowest BCUT2D eigenvalue weighted by atomic mass is 10.2. The van der Waals surface area contributed by atoms with E-state index in [-0.39, 0.29) is 22.8 Å². The number of carbonyl (C=O) groups excluding carboxylic acids is 2. The van der Waals surface area contributed by atoms with E-state index in [1.54, 1.807) is 0 Å². The minimum absolute atomic E-state index is 0.169. The molecule has 1 aromatic rings. The molecular formula is C12H15NO8S2. The zero-order chi connectivity index (χ0) is 17.7. The Bertz CT molecular complexity index is 798. The van der Waals surface area contributed by atoms with Crippen molar-refractivity contribution in [3.05, 3.63) is 24.3 Å². The van der Waals surface area contributed by atoms with Crippen molar-refractivity contribution in [3.63, 3.8) is 0 Å². The van der Waals surface area contributed by atoms with Crippen LogP contribution in [-0.4, -0.2) is 45.4 Å². The van der Waals surface area contributed by atoms with Gasteiger partial charge in [-0.1, -0.05) is 6.07 Å². The molecule has 0 aliphatic rings. The molecule has 11 heteroatoms. The third-order valence-electron chi connectivity index (χ3n) is 2.47. The maximum atomic E-state index is 12.0. The quantitative estimate of drug-likeness (QED) is 0.491. The summed E-state index contributed by atoms with van der Waals surface area (Å²) in [6.07, 6.45) is -0.334. The lowest BCUT2D eigenvalue weighted by Crippen LogP contribution is -2.17. The SMILES string of the molecule is CC(=O)CC(=O)Nc1cccc(S(=O)(=O)CCOS(=O)(=O)O)c1. The van der Waals surface area contributed by atoms with Crippen LogP contribution in [0.2, 0.25) is 0 Å². The molecule has 9 nitrogen and oxygen atoms in total. The minimum atomic E-state index is -4.72. The molecule has 0 radical (unpaired) electrons. The monoisotopic (exact) mass is 365 g/mol. The Morgan fingerprint density at radius 3 is 2.43 bits per heavy atom. The van der Waals surface area contributed by atoms with E-state index in [9.17, 15) is 26.4 Å². The number of ketones is 1. The Morgan fingerprint density at radius 2 is 1.87 bits per heavy atom. The van der Waals surface area contributed by atoms with Crippen LogP contribution < -0.4 is 5.32 Å². The largest absolute Gasteiger partial charge is 0.397 e. The molecule has 23 heavy (non-hydrogen) atoms. The van der Waals surface area contributed by atoms with Crippen molar-refractivity contribution in [1.82, 2.24) is 0 Å². The van der Waals surface area contributed by atoms with E-state index in [0.29, 0.717) is 0 Å². The third kappa shape index (κ3) is 7.32. The summed E-state index contributed by atoms with van der Waals surface area (Å²) >= 11 is 0. The van der Waals surface area contributed by atoms with E-state index in [1.807, 2.05) is 0 Å². The minimum Gasteiger partial charge on any atom is -0.326 e. The van der Waals surface area contributed by atoms with Crippen LogP contribution in [0, 0.1) is 0 Å². The number of rotatable bonds is 8. The third-order valence-corrected chi connectivity index (χ3v) is 4.61. The van der Waals surface area contributed by atoms with E-state index < -0.39 is 38.5 Å². The molecule has 2 N–H and O–H groups in total. The molecule has 0 unspecified atom stereocenters. The second-order valence-corrected chi connectivity index (χ2v) is 7.72. The Morgan fingerprint density at radius 1 is 1.22 bits per heavy atom. The second kappa shape index (κ2) is 7.64. The highest BCUT2D eigenvalue weighted by atomic mass is 32.3.